The Morgan fingerprint density at radius 2 is 1.59 bits per heavy atom. The van der Waals surface area contributed by atoms with Crippen molar-refractivity contribution in [2.75, 3.05) is 26.1 Å². The van der Waals surface area contributed by atoms with Crippen LogP contribution >= 0.6 is 0 Å². The van der Waals surface area contributed by atoms with E-state index in [1.807, 2.05) is 54.6 Å². The fourth-order valence-corrected chi connectivity index (χ4v) is 3.62. The van der Waals surface area contributed by atoms with Crippen molar-refractivity contribution in [3.8, 4) is 11.5 Å². The number of ether oxygens (including phenoxy) is 2. The molecule has 34 heavy (non-hydrogen) atoms. The summed E-state index contributed by atoms with van der Waals surface area (Å²) >= 11 is 0. The van der Waals surface area contributed by atoms with Crippen LogP contribution in [0.25, 0.3) is 11.0 Å². The van der Waals surface area contributed by atoms with E-state index in [0.717, 1.165) is 16.5 Å². The van der Waals surface area contributed by atoms with Gasteiger partial charge in [0.2, 0.25) is 5.91 Å². The molecule has 0 bridgehead atoms. The molecule has 0 aliphatic rings. The number of hydrogen-bond acceptors (Lipinski definition) is 5. The Morgan fingerprint density at radius 3 is 2.32 bits per heavy atom. The molecule has 4 aromatic rings. The first-order chi connectivity index (χ1) is 16.6. The van der Waals surface area contributed by atoms with Gasteiger partial charge in [-0.15, -0.1) is 0 Å². The van der Waals surface area contributed by atoms with E-state index in [0.29, 0.717) is 35.7 Å². The lowest BCUT2D eigenvalue weighted by Crippen LogP contribution is -2.27. The van der Waals surface area contributed by atoms with Gasteiger partial charge in [0.25, 0.3) is 5.91 Å². The molecule has 7 heteroatoms. The zero-order valence-electron chi connectivity index (χ0n) is 19.1. The van der Waals surface area contributed by atoms with Crippen molar-refractivity contribution in [2.45, 2.75) is 12.8 Å². The first-order valence-corrected chi connectivity index (χ1v) is 10.9. The summed E-state index contributed by atoms with van der Waals surface area (Å²) in [6.07, 6.45) is 0.933. The van der Waals surface area contributed by atoms with Crippen LogP contribution < -0.4 is 20.1 Å². The van der Waals surface area contributed by atoms with Gasteiger partial charge in [0, 0.05) is 17.6 Å². The number of rotatable bonds is 9. The van der Waals surface area contributed by atoms with Crippen LogP contribution in [0.2, 0.25) is 0 Å². The molecule has 0 saturated heterocycles. The lowest BCUT2D eigenvalue weighted by Gasteiger charge is -2.10. The Bertz CT molecular complexity index is 1260. The number of carbonyl (C=O) groups is 2. The number of carbonyl (C=O) groups excluding carboxylic acids is 2. The number of fused-ring (bicyclic) bond motifs is 1. The summed E-state index contributed by atoms with van der Waals surface area (Å²) in [6, 6.07) is 22.1. The lowest BCUT2D eigenvalue weighted by atomic mass is 10.1. The molecule has 0 radical (unpaired) electrons. The van der Waals surface area contributed by atoms with E-state index in [1.165, 1.54) is 0 Å². The van der Waals surface area contributed by atoms with E-state index in [2.05, 4.69) is 10.6 Å². The molecule has 2 amide bonds. The second-order valence-corrected chi connectivity index (χ2v) is 7.77. The molecule has 0 aliphatic heterocycles. The van der Waals surface area contributed by atoms with Crippen molar-refractivity contribution >= 4 is 28.5 Å². The zero-order chi connectivity index (χ0) is 23.9. The molecule has 2 N–H and O–H groups in total. The van der Waals surface area contributed by atoms with E-state index < -0.39 is 0 Å². The third-order valence-corrected chi connectivity index (χ3v) is 5.41. The number of amides is 2. The highest BCUT2D eigenvalue weighted by Gasteiger charge is 2.12. The molecule has 4 rings (SSSR count). The quantitative estimate of drug-likeness (QED) is 0.383. The topological polar surface area (TPSA) is 89.8 Å². The van der Waals surface area contributed by atoms with Gasteiger partial charge in [-0.2, -0.15) is 0 Å². The maximum Gasteiger partial charge on any atom is 0.291 e. The van der Waals surface area contributed by atoms with E-state index in [-0.39, 0.29) is 24.0 Å². The van der Waals surface area contributed by atoms with Crippen LogP contribution in [0.15, 0.2) is 77.2 Å². The highest BCUT2D eigenvalue weighted by Crippen LogP contribution is 2.27. The lowest BCUT2D eigenvalue weighted by molar-refractivity contribution is -0.120. The predicted octanol–water partition coefficient (Wildman–Crippen LogP) is 4.60. The Kier molecular flexibility index (Phi) is 7.13. The standard InChI is InChI=1S/C27H26N2O5/c1-32-23-12-9-19(15-24(23)33-2)13-14-28-26(30)16-18-7-10-21(11-8-18)29-27(31)25-17-20-5-3-4-6-22(20)34-25/h3-12,15,17H,13-14,16H2,1-2H3,(H,28,30)(H,29,31). The molecule has 174 valence electrons. The van der Waals surface area contributed by atoms with Crippen LogP contribution in [-0.4, -0.2) is 32.6 Å². The van der Waals surface area contributed by atoms with Gasteiger partial charge in [-0.1, -0.05) is 36.4 Å². The maximum atomic E-state index is 12.5. The number of nitrogens with one attached hydrogen (secondary N) is 2. The molecule has 1 heterocycles. The minimum Gasteiger partial charge on any atom is -0.493 e. The fourth-order valence-electron chi connectivity index (χ4n) is 3.62. The average molecular weight is 459 g/mol. The number of methoxy groups -OCH3 is 2. The highest BCUT2D eigenvalue weighted by molar-refractivity contribution is 6.04. The van der Waals surface area contributed by atoms with E-state index >= 15 is 0 Å². The number of anilines is 1. The van der Waals surface area contributed by atoms with Crippen LogP contribution in [0.1, 0.15) is 21.7 Å². The summed E-state index contributed by atoms with van der Waals surface area (Å²) in [4.78, 5) is 24.8. The normalized spacial score (nSPS) is 10.6. The van der Waals surface area contributed by atoms with Gasteiger partial charge in [0.05, 0.1) is 20.6 Å². The zero-order valence-corrected chi connectivity index (χ0v) is 19.1. The number of hydrogen-bond donors (Lipinski definition) is 2. The van der Waals surface area contributed by atoms with Gasteiger partial charge in [-0.3, -0.25) is 9.59 Å². The van der Waals surface area contributed by atoms with Gasteiger partial charge in [0.15, 0.2) is 17.3 Å². The molecular weight excluding hydrogens is 432 g/mol. The monoisotopic (exact) mass is 458 g/mol. The van der Waals surface area contributed by atoms with Crippen LogP contribution in [-0.2, 0) is 17.6 Å². The van der Waals surface area contributed by atoms with Crippen LogP contribution in [0, 0.1) is 0 Å². The van der Waals surface area contributed by atoms with Crippen molar-refractivity contribution < 1.29 is 23.5 Å². The Hall–Kier alpha value is -4.26. The highest BCUT2D eigenvalue weighted by atomic mass is 16.5. The Balaban J connectivity index is 1.26. The van der Waals surface area contributed by atoms with E-state index in [1.54, 1.807) is 32.4 Å². The minimum absolute atomic E-state index is 0.0699. The van der Waals surface area contributed by atoms with Crippen molar-refractivity contribution in [1.29, 1.82) is 0 Å². The van der Waals surface area contributed by atoms with Crippen molar-refractivity contribution in [3.05, 3.63) is 89.7 Å². The summed E-state index contributed by atoms with van der Waals surface area (Å²) in [5, 5.41) is 6.63. The van der Waals surface area contributed by atoms with E-state index in [4.69, 9.17) is 13.9 Å². The third kappa shape index (κ3) is 5.56. The van der Waals surface area contributed by atoms with Crippen LogP contribution in [0.4, 0.5) is 5.69 Å². The van der Waals surface area contributed by atoms with Gasteiger partial charge < -0.3 is 24.5 Å². The van der Waals surface area contributed by atoms with Crippen molar-refractivity contribution in [3.63, 3.8) is 0 Å². The molecule has 0 unspecified atom stereocenters. The molecule has 3 aromatic carbocycles. The first kappa shape index (κ1) is 22.9. The number of para-hydroxylation sites is 1. The molecular formula is C27H26N2O5. The number of furan rings is 1. The van der Waals surface area contributed by atoms with Gasteiger partial charge in [0.1, 0.15) is 5.58 Å². The van der Waals surface area contributed by atoms with E-state index in [9.17, 15) is 9.59 Å². The Labute approximate surface area is 197 Å². The third-order valence-electron chi connectivity index (χ3n) is 5.41. The molecule has 0 saturated carbocycles. The molecule has 0 aliphatic carbocycles. The van der Waals surface area contributed by atoms with Crippen LogP contribution in [0.3, 0.4) is 0 Å². The summed E-state index contributed by atoms with van der Waals surface area (Å²) in [6.45, 7) is 0.514. The summed E-state index contributed by atoms with van der Waals surface area (Å²) in [5.41, 5.74) is 3.19. The SMILES string of the molecule is COc1ccc(CCNC(=O)Cc2ccc(NC(=O)c3cc4ccccc4o3)cc2)cc1OC. The molecule has 0 atom stereocenters. The van der Waals surface area contributed by atoms with Gasteiger partial charge >= 0.3 is 0 Å². The van der Waals surface area contributed by atoms with Gasteiger partial charge in [-0.25, -0.2) is 0 Å². The van der Waals surface area contributed by atoms with Crippen molar-refractivity contribution in [2.24, 2.45) is 0 Å². The van der Waals surface area contributed by atoms with Crippen molar-refractivity contribution in [1.82, 2.24) is 5.32 Å². The van der Waals surface area contributed by atoms with Crippen LogP contribution in [0.5, 0.6) is 11.5 Å². The second-order valence-electron chi connectivity index (χ2n) is 7.77. The minimum atomic E-state index is -0.322. The first-order valence-electron chi connectivity index (χ1n) is 10.9. The van der Waals surface area contributed by atoms with Gasteiger partial charge in [-0.05, 0) is 53.9 Å². The molecule has 0 spiro atoms. The fraction of sp³-hybridized carbons (Fsp3) is 0.185. The maximum absolute atomic E-state index is 12.5. The average Bonchev–Trinajstić information content (AvgIpc) is 3.30. The summed E-state index contributed by atoms with van der Waals surface area (Å²) in [7, 11) is 3.19. The predicted molar refractivity (Wildman–Crippen MR) is 131 cm³/mol. The summed E-state index contributed by atoms with van der Waals surface area (Å²) in [5.74, 6) is 1.20. The smallest absolute Gasteiger partial charge is 0.291 e. The molecule has 0 fully saturated rings. The summed E-state index contributed by atoms with van der Waals surface area (Å²) < 4.78 is 16.1. The molecule has 1 aromatic heterocycles. The second kappa shape index (κ2) is 10.6. The molecule has 7 nitrogen and oxygen atoms in total. The number of benzene rings is 3. The largest absolute Gasteiger partial charge is 0.493 e. The Morgan fingerprint density at radius 1 is 0.853 bits per heavy atom.